The van der Waals surface area contributed by atoms with Gasteiger partial charge in [-0.1, -0.05) is 92.9 Å². The van der Waals surface area contributed by atoms with E-state index in [2.05, 4.69) is 16.0 Å². The highest BCUT2D eigenvalue weighted by Gasteiger charge is 2.70. The molecule has 0 radical (unpaired) electrons. The van der Waals surface area contributed by atoms with Crippen LogP contribution in [0, 0.1) is 34.0 Å². The first-order valence-corrected chi connectivity index (χ1v) is 18.5. The van der Waals surface area contributed by atoms with E-state index in [0.29, 0.717) is 13.0 Å². The lowest BCUT2D eigenvalue weighted by Crippen LogP contribution is -2.62. The monoisotopic (exact) mass is 687 g/mol. The summed E-state index contributed by atoms with van der Waals surface area (Å²) < 4.78 is 26.5. The van der Waals surface area contributed by atoms with E-state index in [1.807, 2.05) is 34.6 Å². The number of nitrogens with one attached hydrogen (secondary N) is 3. The predicted octanol–water partition coefficient (Wildman–Crippen LogP) is 2.80. The van der Waals surface area contributed by atoms with Crippen LogP contribution >= 0.6 is 0 Å². The number of carbonyl (C=O) groups is 5. The number of carbonyl (C=O) groups excluding carboxylic acids is 5. The van der Waals surface area contributed by atoms with Crippen LogP contribution in [0.15, 0.2) is 35.2 Å². The van der Waals surface area contributed by atoms with Crippen molar-refractivity contribution in [2.24, 2.45) is 39.7 Å². The predicted molar refractivity (Wildman–Crippen MR) is 181 cm³/mol. The maximum absolute atomic E-state index is 14.3. The number of hydrogen-bond acceptors (Lipinski definition) is 7. The quantitative estimate of drug-likeness (QED) is 0.244. The fourth-order valence-electron chi connectivity index (χ4n) is 7.13. The first-order valence-electron chi connectivity index (χ1n) is 16.8. The lowest BCUT2D eigenvalue weighted by Gasteiger charge is -2.39. The Labute approximate surface area is 284 Å². The van der Waals surface area contributed by atoms with E-state index >= 15 is 0 Å². The molecule has 1 saturated heterocycles. The van der Waals surface area contributed by atoms with E-state index in [4.69, 9.17) is 5.73 Å². The van der Waals surface area contributed by atoms with Gasteiger partial charge in [-0.3, -0.25) is 19.2 Å². The second-order valence-corrected chi connectivity index (χ2v) is 18.7. The first-order chi connectivity index (χ1) is 22.1. The Morgan fingerprint density at radius 2 is 1.54 bits per heavy atom. The van der Waals surface area contributed by atoms with Gasteiger partial charge >= 0.3 is 6.03 Å². The molecule has 6 atom stereocenters. The lowest BCUT2D eigenvalue weighted by molar-refractivity contribution is -0.145. The van der Waals surface area contributed by atoms with Gasteiger partial charge in [-0.15, -0.1) is 0 Å². The van der Waals surface area contributed by atoms with Crippen molar-refractivity contribution < 1.29 is 32.4 Å². The first kappa shape index (κ1) is 37.3. The van der Waals surface area contributed by atoms with Gasteiger partial charge in [0.05, 0.1) is 16.7 Å². The minimum absolute atomic E-state index is 0.0389. The number of primary amides is 1. The highest BCUT2D eigenvalue weighted by Crippen LogP contribution is 2.65. The van der Waals surface area contributed by atoms with Crippen LogP contribution in [-0.4, -0.2) is 79.3 Å². The molecule has 1 aliphatic heterocycles. The molecule has 2 saturated carbocycles. The molecular weight excluding hydrogens is 634 g/mol. The number of likely N-dealkylation sites (tertiary alicyclic amines) is 1. The average Bonchev–Trinajstić information content (AvgIpc) is 3.26. The Balaban J connectivity index is 1.54. The zero-order valence-electron chi connectivity index (χ0n) is 29.5. The maximum Gasteiger partial charge on any atom is 0.315 e. The third-order valence-electron chi connectivity index (χ3n) is 10.7. The Morgan fingerprint density at radius 3 is 2.04 bits per heavy atom. The molecule has 2 aliphatic carbocycles. The molecular formula is C35H53N5O7S. The van der Waals surface area contributed by atoms with Crippen molar-refractivity contribution >= 4 is 39.4 Å². The molecule has 1 aromatic rings. The van der Waals surface area contributed by atoms with Gasteiger partial charge in [0.2, 0.25) is 17.6 Å². The lowest BCUT2D eigenvalue weighted by atomic mass is 9.80. The van der Waals surface area contributed by atoms with E-state index in [0.717, 1.165) is 19.3 Å². The largest absolute Gasteiger partial charge is 0.363 e. The maximum atomic E-state index is 14.3. The Hall–Kier alpha value is -3.48. The number of nitrogens with two attached hydrogens (primary N) is 1. The second-order valence-electron chi connectivity index (χ2n) is 16.6. The summed E-state index contributed by atoms with van der Waals surface area (Å²) in [5, 5.41) is 8.39. The number of Topliss-reactive ketones (excluding diaryl/α,β-unsaturated/α-hetero) is 1. The molecule has 0 bridgehead atoms. The summed E-state index contributed by atoms with van der Waals surface area (Å²) in [6, 6.07) is 3.48. The van der Waals surface area contributed by atoms with Crippen LogP contribution in [-0.2, 0) is 29.0 Å². The molecule has 48 heavy (non-hydrogen) atoms. The third kappa shape index (κ3) is 8.03. The van der Waals surface area contributed by atoms with E-state index < -0.39 is 74.4 Å². The summed E-state index contributed by atoms with van der Waals surface area (Å²) in [5.74, 6) is -3.21. The fourth-order valence-corrected chi connectivity index (χ4v) is 8.92. The smallest absolute Gasteiger partial charge is 0.315 e. The summed E-state index contributed by atoms with van der Waals surface area (Å²) in [6.45, 7) is 15.2. The highest BCUT2D eigenvalue weighted by atomic mass is 32.2. The van der Waals surface area contributed by atoms with Crippen molar-refractivity contribution in [2.45, 2.75) is 110 Å². The van der Waals surface area contributed by atoms with Crippen molar-refractivity contribution in [3.05, 3.63) is 30.3 Å². The molecule has 4 unspecified atom stereocenters. The Kier molecular flexibility index (Phi) is 10.5. The normalized spacial score (nSPS) is 23.9. The number of ketones is 1. The highest BCUT2D eigenvalue weighted by molar-refractivity contribution is 7.91. The summed E-state index contributed by atoms with van der Waals surface area (Å²) in [6.07, 6.45) is 3.14. The van der Waals surface area contributed by atoms with Gasteiger partial charge in [0.25, 0.3) is 5.91 Å². The second kappa shape index (κ2) is 13.4. The molecule has 12 nitrogen and oxygen atoms in total. The van der Waals surface area contributed by atoms with Crippen molar-refractivity contribution in [2.75, 3.05) is 12.3 Å². The van der Waals surface area contributed by atoms with Gasteiger partial charge in [0.15, 0.2) is 9.84 Å². The van der Waals surface area contributed by atoms with Gasteiger partial charge in [0.1, 0.15) is 12.1 Å². The van der Waals surface area contributed by atoms with Crippen LogP contribution in [0.3, 0.4) is 0 Å². The SMILES string of the molecule is CC(C)(C)C(CS(=O)(=O)c1ccccc1)NC(=O)N[C@H](C(=O)N1CC2C([C@H]1C(=O)NC(CC1CCC1)C(=O)C(N)=O)C2(C)C)C(C)(C)C. The van der Waals surface area contributed by atoms with E-state index in [-0.39, 0.29) is 33.8 Å². The number of nitrogens with zero attached hydrogens (tertiary/aromatic N) is 1. The fraction of sp³-hybridized carbons (Fsp3) is 0.686. The molecule has 3 aliphatic rings. The molecule has 0 aromatic heterocycles. The van der Waals surface area contributed by atoms with Crippen LogP contribution in [0.5, 0.6) is 0 Å². The zero-order chi connectivity index (χ0) is 36.0. The number of hydrogen-bond donors (Lipinski definition) is 4. The van der Waals surface area contributed by atoms with Crippen molar-refractivity contribution in [3.63, 3.8) is 0 Å². The van der Waals surface area contributed by atoms with Crippen molar-refractivity contribution in [1.82, 2.24) is 20.9 Å². The Bertz CT molecular complexity index is 1530. The van der Waals surface area contributed by atoms with Crippen LogP contribution in [0.2, 0.25) is 0 Å². The standard InChI is InChI=1S/C35H53N5O7S/c1-33(2,3)24(19-48(46,47)21-15-10-9-11-16-21)38-32(45)39-28(34(4,5)6)31(44)40-18-22-25(35(22,7)8)26(40)30(43)37-23(27(41)29(36)42)17-20-13-12-14-20/h9-11,15-16,20,22-26,28H,12-14,17-19H2,1-8H3,(H2,36,42)(H,37,43)(H2,38,39,45)/t22?,23?,24?,25?,26-,28+/m0/s1. The van der Waals surface area contributed by atoms with Crippen LogP contribution < -0.4 is 21.7 Å². The van der Waals surface area contributed by atoms with E-state index in [9.17, 15) is 32.4 Å². The number of benzene rings is 1. The van der Waals surface area contributed by atoms with Gasteiger partial charge in [-0.05, 0) is 52.6 Å². The van der Waals surface area contributed by atoms with Crippen LogP contribution in [0.25, 0.3) is 0 Å². The zero-order valence-corrected chi connectivity index (χ0v) is 30.3. The summed E-state index contributed by atoms with van der Waals surface area (Å²) in [7, 11) is -3.75. The minimum Gasteiger partial charge on any atom is -0.363 e. The van der Waals surface area contributed by atoms with Crippen molar-refractivity contribution in [1.29, 1.82) is 0 Å². The molecule has 1 heterocycles. The van der Waals surface area contributed by atoms with Crippen LogP contribution in [0.4, 0.5) is 4.79 Å². The number of amides is 5. The van der Waals surface area contributed by atoms with E-state index in [1.165, 1.54) is 17.0 Å². The van der Waals surface area contributed by atoms with Crippen LogP contribution in [0.1, 0.15) is 81.1 Å². The number of piperidine rings is 1. The molecule has 5 amide bonds. The summed E-state index contributed by atoms with van der Waals surface area (Å²) in [4.78, 5) is 68.1. The minimum atomic E-state index is -3.75. The molecule has 3 fully saturated rings. The van der Waals surface area contributed by atoms with Crippen molar-refractivity contribution in [3.8, 4) is 0 Å². The summed E-state index contributed by atoms with van der Waals surface area (Å²) in [5.41, 5.74) is 3.67. The van der Waals surface area contributed by atoms with Gasteiger partial charge in [-0.25, -0.2) is 13.2 Å². The Morgan fingerprint density at radius 1 is 0.938 bits per heavy atom. The van der Waals surface area contributed by atoms with Gasteiger partial charge in [-0.2, -0.15) is 0 Å². The molecule has 266 valence electrons. The molecule has 5 N–H and O–H groups in total. The molecule has 13 heteroatoms. The summed E-state index contributed by atoms with van der Waals surface area (Å²) >= 11 is 0. The average molecular weight is 688 g/mol. The number of fused-ring (bicyclic) bond motifs is 1. The molecule has 4 rings (SSSR count). The van der Waals surface area contributed by atoms with E-state index in [1.54, 1.807) is 39.0 Å². The number of rotatable bonds is 12. The number of sulfone groups is 1. The topological polar surface area (TPSA) is 185 Å². The van der Waals surface area contributed by atoms with Gasteiger partial charge < -0.3 is 26.6 Å². The number of urea groups is 1. The van der Waals surface area contributed by atoms with Gasteiger partial charge in [0, 0.05) is 12.6 Å². The molecule has 1 aromatic carbocycles. The third-order valence-corrected chi connectivity index (χ3v) is 12.4. The molecule has 0 spiro atoms.